The van der Waals surface area contributed by atoms with Gasteiger partial charge in [-0.05, 0) is 51.4 Å². The van der Waals surface area contributed by atoms with Gasteiger partial charge in [0.05, 0.1) is 36.3 Å². The summed E-state index contributed by atoms with van der Waals surface area (Å²) in [6, 6.07) is 15.7. The number of carbonyl (C=O) groups is 1. The summed E-state index contributed by atoms with van der Waals surface area (Å²) < 4.78 is 8.26. The minimum Gasteiger partial charge on any atom is -0.496 e. The number of aromatic nitrogens is 2. The van der Waals surface area contributed by atoms with Crippen molar-refractivity contribution < 1.29 is 9.53 Å². The molecule has 0 saturated carbocycles. The van der Waals surface area contributed by atoms with E-state index in [-0.39, 0.29) is 11.9 Å². The first kappa shape index (κ1) is 21.1. The number of likely N-dealkylation sites (N-methyl/N-ethyl adjacent to an activating group) is 1. The standard InChI is InChI=1S/C22H25BrN4O2/c1-15-19(13-25-27(15)17-11-9-16(23)10-12-17)22(28)24-14-20(26(2)3)18-7-5-6-8-21(18)29-4/h5-13,20H,14H2,1-4H3,(H,24,28). The van der Waals surface area contributed by atoms with Crippen molar-refractivity contribution in [1.29, 1.82) is 0 Å². The Labute approximate surface area is 179 Å². The van der Waals surface area contributed by atoms with E-state index >= 15 is 0 Å². The monoisotopic (exact) mass is 456 g/mol. The van der Waals surface area contributed by atoms with Gasteiger partial charge in [-0.3, -0.25) is 4.79 Å². The molecule has 3 aromatic rings. The molecular weight excluding hydrogens is 432 g/mol. The molecule has 1 N–H and O–H groups in total. The number of methoxy groups -OCH3 is 1. The van der Waals surface area contributed by atoms with Crippen molar-refractivity contribution >= 4 is 21.8 Å². The maximum Gasteiger partial charge on any atom is 0.254 e. The maximum absolute atomic E-state index is 12.9. The first-order chi connectivity index (χ1) is 13.9. The molecule has 1 unspecified atom stereocenters. The third kappa shape index (κ3) is 4.68. The Morgan fingerprint density at radius 1 is 1.21 bits per heavy atom. The van der Waals surface area contributed by atoms with Crippen LogP contribution in [0.5, 0.6) is 5.75 Å². The highest BCUT2D eigenvalue weighted by Gasteiger charge is 2.21. The Kier molecular flexibility index (Phi) is 6.71. The van der Waals surface area contributed by atoms with Gasteiger partial charge in [-0.15, -0.1) is 0 Å². The number of benzene rings is 2. The van der Waals surface area contributed by atoms with E-state index in [1.807, 2.05) is 69.6 Å². The lowest BCUT2D eigenvalue weighted by Gasteiger charge is -2.26. The second-order valence-electron chi connectivity index (χ2n) is 6.96. The molecule has 0 spiro atoms. The van der Waals surface area contributed by atoms with Gasteiger partial charge in [0.1, 0.15) is 5.75 Å². The van der Waals surface area contributed by atoms with Gasteiger partial charge < -0.3 is 15.0 Å². The third-order valence-corrected chi connectivity index (χ3v) is 5.43. The Morgan fingerprint density at radius 3 is 2.55 bits per heavy atom. The van der Waals surface area contributed by atoms with Gasteiger partial charge in [0, 0.05) is 16.6 Å². The number of nitrogens with one attached hydrogen (secondary N) is 1. The van der Waals surface area contributed by atoms with Crippen molar-refractivity contribution in [1.82, 2.24) is 20.0 Å². The minimum absolute atomic E-state index is 0.0167. The number of hydrogen-bond donors (Lipinski definition) is 1. The molecule has 0 bridgehead atoms. The van der Waals surface area contributed by atoms with Gasteiger partial charge in [-0.1, -0.05) is 34.1 Å². The summed E-state index contributed by atoms with van der Waals surface area (Å²) in [6.45, 7) is 2.35. The summed E-state index contributed by atoms with van der Waals surface area (Å²) in [5, 5.41) is 7.44. The molecule has 0 aliphatic heterocycles. The Bertz CT molecular complexity index is 983. The second kappa shape index (κ2) is 9.24. The number of amides is 1. The van der Waals surface area contributed by atoms with E-state index in [1.54, 1.807) is 18.0 Å². The number of carbonyl (C=O) groups excluding carboxylic acids is 1. The molecule has 2 aromatic carbocycles. The fourth-order valence-corrected chi connectivity index (χ4v) is 3.54. The highest BCUT2D eigenvalue weighted by atomic mass is 79.9. The SMILES string of the molecule is COc1ccccc1C(CNC(=O)c1cnn(-c2ccc(Br)cc2)c1C)N(C)C. The molecule has 0 fully saturated rings. The number of halogens is 1. The topological polar surface area (TPSA) is 59.4 Å². The molecule has 6 nitrogen and oxygen atoms in total. The van der Waals surface area contributed by atoms with E-state index in [4.69, 9.17) is 4.74 Å². The zero-order valence-corrected chi connectivity index (χ0v) is 18.6. The molecule has 0 aliphatic carbocycles. The first-order valence-corrected chi connectivity index (χ1v) is 10.1. The lowest BCUT2D eigenvalue weighted by Crippen LogP contribution is -2.35. The molecule has 1 heterocycles. The number of nitrogens with zero attached hydrogens (tertiary/aromatic N) is 3. The number of rotatable bonds is 7. The number of hydrogen-bond acceptors (Lipinski definition) is 4. The van der Waals surface area contributed by atoms with Gasteiger partial charge in [0.25, 0.3) is 5.91 Å². The molecule has 0 radical (unpaired) electrons. The van der Waals surface area contributed by atoms with Crippen molar-refractivity contribution in [3.8, 4) is 11.4 Å². The highest BCUT2D eigenvalue weighted by molar-refractivity contribution is 9.10. The zero-order chi connectivity index (χ0) is 21.0. The summed E-state index contributed by atoms with van der Waals surface area (Å²) in [6.07, 6.45) is 1.61. The van der Waals surface area contributed by atoms with Crippen LogP contribution in [0.1, 0.15) is 27.7 Å². The van der Waals surface area contributed by atoms with Gasteiger partial charge in [0.2, 0.25) is 0 Å². The predicted molar refractivity (Wildman–Crippen MR) is 118 cm³/mol. The van der Waals surface area contributed by atoms with Crippen molar-refractivity contribution in [2.45, 2.75) is 13.0 Å². The van der Waals surface area contributed by atoms with Crippen LogP contribution in [0, 0.1) is 6.92 Å². The van der Waals surface area contributed by atoms with E-state index in [0.29, 0.717) is 12.1 Å². The normalized spacial score (nSPS) is 12.1. The van der Waals surface area contributed by atoms with Crippen LogP contribution in [0.25, 0.3) is 5.69 Å². The van der Waals surface area contributed by atoms with Crippen LogP contribution in [0.3, 0.4) is 0 Å². The molecule has 3 rings (SSSR count). The molecule has 1 amide bonds. The van der Waals surface area contributed by atoms with Crippen molar-refractivity contribution in [3.63, 3.8) is 0 Å². The quantitative estimate of drug-likeness (QED) is 0.583. The Morgan fingerprint density at radius 2 is 1.90 bits per heavy atom. The molecule has 0 saturated heterocycles. The van der Waals surface area contributed by atoms with Gasteiger partial charge in [-0.2, -0.15) is 5.10 Å². The van der Waals surface area contributed by atoms with Crippen LogP contribution in [0.4, 0.5) is 0 Å². The van der Waals surface area contributed by atoms with E-state index in [2.05, 4.69) is 31.2 Å². The number of ether oxygens (including phenoxy) is 1. The zero-order valence-electron chi connectivity index (χ0n) is 17.0. The summed E-state index contributed by atoms with van der Waals surface area (Å²) in [5.74, 6) is 0.660. The van der Waals surface area contributed by atoms with E-state index in [1.165, 1.54) is 0 Å². The average Bonchev–Trinajstić information content (AvgIpc) is 3.10. The fraction of sp³-hybridized carbons (Fsp3) is 0.273. The lowest BCUT2D eigenvalue weighted by molar-refractivity contribution is 0.0941. The molecule has 152 valence electrons. The first-order valence-electron chi connectivity index (χ1n) is 9.30. The molecule has 0 aliphatic rings. The van der Waals surface area contributed by atoms with E-state index in [9.17, 15) is 4.79 Å². The van der Waals surface area contributed by atoms with Crippen molar-refractivity contribution in [3.05, 3.63) is 76.0 Å². The average molecular weight is 457 g/mol. The smallest absolute Gasteiger partial charge is 0.254 e. The molecule has 1 aromatic heterocycles. The van der Waals surface area contributed by atoms with Crippen LogP contribution in [-0.2, 0) is 0 Å². The fourth-order valence-electron chi connectivity index (χ4n) is 3.27. The van der Waals surface area contributed by atoms with E-state index < -0.39 is 0 Å². The Hall–Kier alpha value is -2.64. The molecule has 29 heavy (non-hydrogen) atoms. The van der Waals surface area contributed by atoms with Crippen LogP contribution < -0.4 is 10.1 Å². The summed E-state index contributed by atoms with van der Waals surface area (Å²) in [4.78, 5) is 14.9. The molecular formula is C22H25BrN4O2. The molecule has 7 heteroatoms. The maximum atomic E-state index is 12.9. The van der Waals surface area contributed by atoms with Crippen LogP contribution in [0.2, 0.25) is 0 Å². The van der Waals surface area contributed by atoms with Gasteiger partial charge in [-0.25, -0.2) is 4.68 Å². The summed E-state index contributed by atoms with van der Waals surface area (Å²) in [7, 11) is 5.63. The van der Waals surface area contributed by atoms with Crippen LogP contribution >= 0.6 is 15.9 Å². The highest BCUT2D eigenvalue weighted by Crippen LogP contribution is 2.27. The lowest BCUT2D eigenvalue weighted by atomic mass is 10.0. The van der Waals surface area contributed by atoms with Crippen LogP contribution in [-0.4, -0.2) is 48.3 Å². The minimum atomic E-state index is -0.146. The third-order valence-electron chi connectivity index (χ3n) is 4.90. The van der Waals surface area contributed by atoms with Crippen LogP contribution in [0.15, 0.2) is 59.2 Å². The second-order valence-corrected chi connectivity index (χ2v) is 7.88. The molecule has 1 atom stereocenters. The van der Waals surface area contributed by atoms with Gasteiger partial charge >= 0.3 is 0 Å². The summed E-state index contributed by atoms with van der Waals surface area (Å²) >= 11 is 3.43. The number of para-hydroxylation sites is 1. The largest absolute Gasteiger partial charge is 0.496 e. The Balaban J connectivity index is 1.77. The van der Waals surface area contributed by atoms with Crippen molar-refractivity contribution in [2.24, 2.45) is 0 Å². The van der Waals surface area contributed by atoms with Gasteiger partial charge in [0.15, 0.2) is 0 Å². The summed E-state index contributed by atoms with van der Waals surface area (Å²) in [5.41, 5.74) is 3.29. The predicted octanol–water partition coefficient (Wildman–Crippen LogP) is 3.98. The van der Waals surface area contributed by atoms with E-state index in [0.717, 1.165) is 27.2 Å². The van der Waals surface area contributed by atoms with Crippen molar-refractivity contribution in [2.75, 3.05) is 27.7 Å².